The Morgan fingerprint density at radius 1 is 0.962 bits per heavy atom. The summed E-state index contributed by atoms with van der Waals surface area (Å²) in [6, 6.07) is 8.03. The Morgan fingerprint density at radius 2 is 1.62 bits per heavy atom. The minimum absolute atomic E-state index is 0.234. The van der Waals surface area contributed by atoms with Crippen LogP contribution in [0.3, 0.4) is 0 Å². The molecular formula is C21H26N4O. The van der Waals surface area contributed by atoms with Crippen molar-refractivity contribution < 1.29 is 4.79 Å². The molecule has 26 heavy (non-hydrogen) atoms. The number of likely N-dealkylation sites (tertiary alicyclic amines) is 2. The maximum Gasteiger partial charge on any atom is 0.227 e. The van der Waals surface area contributed by atoms with Gasteiger partial charge in [0, 0.05) is 51.0 Å². The molecule has 4 heterocycles. The number of aromatic nitrogens is 2. The molecule has 5 nitrogen and oxygen atoms in total. The lowest BCUT2D eigenvalue weighted by molar-refractivity contribution is -0.132. The van der Waals surface area contributed by atoms with Crippen molar-refractivity contribution in [3.05, 3.63) is 60.2 Å². The average Bonchev–Trinajstić information content (AvgIpc) is 3.06. The van der Waals surface area contributed by atoms with Crippen molar-refractivity contribution in [3.63, 3.8) is 0 Å². The van der Waals surface area contributed by atoms with E-state index in [0.717, 1.165) is 51.1 Å². The largest absolute Gasteiger partial charge is 0.342 e. The van der Waals surface area contributed by atoms with E-state index in [1.165, 1.54) is 12.0 Å². The molecule has 5 heteroatoms. The third kappa shape index (κ3) is 3.93. The van der Waals surface area contributed by atoms with Crippen LogP contribution in [0.1, 0.15) is 30.4 Å². The van der Waals surface area contributed by atoms with Gasteiger partial charge in [-0.2, -0.15) is 0 Å². The molecule has 0 N–H and O–H groups in total. The van der Waals surface area contributed by atoms with Gasteiger partial charge in [-0.1, -0.05) is 12.1 Å². The monoisotopic (exact) mass is 350 g/mol. The number of pyridine rings is 2. The second-order valence-electron chi connectivity index (χ2n) is 7.74. The van der Waals surface area contributed by atoms with E-state index in [1.54, 1.807) is 12.4 Å². The van der Waals surface area contributed by atoms with Crippen molar-refractivity contribution in [2.75, 3.05) is 26.2 Å². The maximum absolute atomic E-state index is 12.6. The number of nitrogens with zero attached hydrogens (tertiary/aromatic N) is 4. The molecule has 2 aliphatic heterocycles. The Balaban J connectivity index is 1.29. The summed E-state index contributed by atoms with van der Waals surface area (Å²) in [6.45, 7) is 5.06. The molecular weight excluding hydrogens is 324 g/mol. The Morgan fingerprint density at radius 3 is 2.27 bits per heavy atom. The predicted octanol–water partition coefficient (Wildman–Crippen LogP) is 2.53. The topological polar surface area (TPSA) is 49.3 Å². The maximum atomic E-state index is 12.6. The van der Waals surface area contributed by atoms with E-state index in [4.69, 9.17) is 0 Å². The number of carbonyl (C=O) groups is 1. The molecule has 2 aliphatic rings. The summed E-state index contributed by atoms with van der Waals surface area (Å²) in [5, 5.41) is 0. The number of carbonyl (C=O) groups excluding carboxylic acids is 1. The second kappa shape index (κ2) is 7.54. The average molecular weight is 350 g/mol. The number of hydrogen-bond donors (Lipinski definition) is 0. The Bertz CT molecular complexity index is 726. The van der Waals surface area contributed by atoms with Crippen LogP contribution in [0, 0.1) is 5.41 Å². The fourth-order valence-electron chi connectivity index (χ4n) is 4.34. The van der Waals surface area contributed by atoms with Gasteiger partial charge in [-0.25, -0.2) is 0 Å². The van der Waals surface area contributed by atoms with Crippen LogP contribution in [0.2, 0.25) is 0 Å². The molecule has 1 spiro atoms. The van der Waals surface area contributed by atoms with Gasteiger partial charge >= 0.3 is 0 Å². The number of hydrogen-bond acceptors (Lipinski definition) is 4. The lowest BCUT2D eigenvalue weighted by Gasteiger charge is -2.39. The molecule has 0 aliphatic carbocycles. The van der Waals surface area contributed by atoms with Gasteiger partial charge in [0.05, 0.1) is 6.42 Å². The first-order valence-electron chi connectivity index (χ1n) is 9.50. The van der Waals surface area contributed by atoms with Crippen LogP contribution in [0.5, 0.6) is 0 Å². The Hall–Kier alpha value is -2.27. The summed E-state index contributed by atoms with van der Waals surface area (Å²) >= 11 is 0. The van der Waals surface area contributed by atoms with Crippen LogP contribution < -0.4 is 0 Å². The first-order valence-corrected chi connectivity index (χ1v) is 9.50. The first kappa shape index (κ1) is 17.2. The van der Waals surface area contributed by atoms with Crippen LogP contribution in [-0.4, -0.2) is 51.9 Å². The van der Waals surface area contributed by atoms with Gasteiger partial charge < -0.3 is 4.90 Å². The molecule has 0 bridgehead atoms. The van der Waals surface area contributed by atoms with E-state index >= 15 is 0 Å². The first-order chi connectivity index (χ1) is 12.7. The Labute approximate surface area is 155 Å². The van der Waals surface area contributed by atoms with Crippen molar-refractivity contribution in [1.82, 2.24) is 19.8 Å². The highest BCUT2D eigenvalue weighted by Gasteiger charge is 2.41. The fraction of sp³-hybridized carbons (Fsp3) is 0.476. The second-order valence-corrected chi connectivity index (χ2v) is 7.74. The molecule has 0 radical (unpaired) electrons. The summed E-state index contributed by atoms with van der Waals surface area (Å²) in [5.41, 5.74) is 2.68. The molecule has 2 fully saturated rings. The molecule has 136 valence electrons. The minimum atomic E-state index is 0.234. The van der Waals surface area contributed by atoms with Crippen LogP contribution in [-0.2, 0) is 17.8 Å². The third-order valence-corrected chi connectivity index (χ3v) is 5.90. The zero-order chi connectivity index (χ0) is 17.8. The van der Waals surface area contributed by atoms with Gasteiger partial charge in [0.1, 0.15) is 0 Å². The molecule has 2 saturated heterocycles. The van der Waals surface area contributed by atoms with Crippen LogP contribution in [0.4, 0.5) is 0 Å². The Kier molecular flexibility index (Phi) is 4.98. The summed E-state index contributed by atoms with van der Waals surface area (Å²) in [7, 11) is 0. The number of rotatable bonds is 4. The van der Waals surface area contributed by atoms with E-state index < -0.39 is 0 Å². The highest BCUT2D eigenvalue weighted by Crippen LogP contribution is 2.40. The summed E-state index contributed by atoms with van der Waals surface area (Å²) in [5.74, 6) is 0.234. The summed E-state index contributed by atoms with van der Waals surface area (Å²) < 4.78 is 0. The molecule has 0 atom stereocenters. The summed E-state index contributed by atoms with van der Waals surface area (Å²) in [4.78, 5) is 25.5. The van der Waals surface area contributed by atoms with Crippen LogP contribution in [0.15, 0.2) is 49.1 Å². The van der Waals surface area contributed by atoms with E-state index in [2.05, 4.69) is 20.9 Å². The third-order valence-electron chi connectivity index (χ3n) is 5.90. The lowest BCUT2D eigenvalue weighted by atomic mass is 9.77. The zero-order valence-electron chi connectivity index (χ0n) is 15.2. The van der Waals surface area contributed by atoms with Gasteiger partial charge in [0.2, 0.25) is 5.91 Å². The van der Waals surface area contributed by atoms with E-state index in [1.807, 2.05) is 35.5 Å². The van der Waals surface area contributed by atoms with Crippen LogP contribution in [0.25, 0.3) is 0 Å². The number of amides is 1. The van der Waals surface area contributed by atoms with Crippen LogP contribution >= 0.6 is 0 Å². The SMILES string of the molecule is O=C(Cc1cccnc1)N1CCC2(CCN(Cc3cccnc3)C2)CC1. The highest BCUT2D eigenvalue weighted by atomic mass is 16.2. The molecule has 0 unspecified atom stereocenters. The summed E-state index contributed by atoms with van der Waals surface area (Å²) in [6.07, 6.45) is 11.3. The van der Waals surface area contributed by atoms with Gasteiger partial charge in [0.15, 0.2) is 0 Å². The number of piperidine rings is 1. The molecule has 1 amide bonds. The van der Waals surface area contributed by atoms with Crippen molar-refractivity contribution in [2.45, 2.75) is 32.2 Å². The predicted molar refractivity (Wildman–Crippen MR) is 100 cm³/mol. The molecule has 2 aromatic heterocycles. The zero-order valence-corrected chi connectivity index (χ0v) is 15.2. The normalized spacial score (nSPS) is 19.8. The smallest absolute Gasteiger partial charge is 0.227 e. The molecule has 0 aromatic carbocycles. The van der Waals surface area contributed by atoms with Gasteiger partial charge in [0.25, 0.3) is 0 Å². The van der Waals surface area contributed by atoms with Gasteiger partial charge in [-0.3, -0.25) is 19.7 Å². The molecule has 4 rings (SSSR count). The lowest BCUT2D eigenvalue weighted by Crippen LogP contribution is -2.44. The van der Waals surface area contributed by atoms with Crippen molar-refractivity contribution in [1.29, 1.82) is 0 Å². The van der Waals surface area contributed by atoms with E-state index in [9.17, 15) is 4.79 Å². The van der Waals surface area contributed by atoms with Crippen molar-refractivity contribution in [3.8, 4) is 0 Å². The molecule has 2 aromatic rings. The standard InChI is InChI=1S/C21H26N4O/c26-20(13-18-3-1-8-22-14-18)25-11-6-21(7-12-25)5-10-24(17-21)16-19-4-2-9-23-15-19/h1-4,8-9,14-15H,5-7,10-13,16-17H2. The quantitative estimate of drug-likeness (QED) is 0.850. The minimum Gasteiger partial charge on any atom is -0.342 e. The van der Waals surface area contributed by atoms with Gasteiger partial charge in [-0.05, 0) is 54.5 Å². The highest BCUT2D eigenvalue weighted by molar-refractivity contribution is 5.78. The van der Waals surface area contributed by atoms with Gasteiger partial charge in [-0.15, -0.1) is 0 Å². The molecule has 0 saturated carbocycles. The van der Waals surface area contributed by atoms with Crippen molar-refractivity contribution in [2.24, 2.45) is 5.41 Å². The van der Waals surface area contributed by atoms with Crippen molar-refractivity contribution >= 4 is 5.91 Å². The van der Waals surface area contributed by atoms with E-state index in [-0.39, 0.29) is 5.91 Å². The fourth-order valence-corrected chi connectivity index (χ4v) is 4.34. The van der Waals surface area contributed by atoms with E-state index in [0.29, 0.717) is 11.8 Å².